The molecule has 0 bridgehead atoms. The minimum atomic E-state index is -5.07. The van der Waals surface area contributed by atoms with E-state index in [0.29, 0.717) is 4.57 Å². The van der Waals surface area contributed by atoms with Crippen LogP contribution in [0.4, 0.5) is 19.0 Å². The molecule has 182 valence electrons. The smallest absolute Gasteiger partial charge is 0.449 e. The third kappa shape index (κ3) is 5.00. The van der Waals surface area contributed by atoms with Crippen LogP contribution in [0.1, 0.15) is 44.7 Å². The summed E-state index contributed by atoms with van der Waals surface area (Å²) < 4.78 is 62.9. The van der Waals surface area contributed by atoms with E-state index in [1.54, 1.807) is 0 Å². The molecule has 2 aliphatic rings. The fourth-order valence-electron chi connectivity index (χ4n) is 3.45. The number of aliphatic imine (C=N–C) groups is 1. The molecule has 16 heteroatoms. The summed E-state index contributed by atoms with van der Waals surface area (Å²) in [6.07, 6.45) is -13.1. The lowest BCUT2D eigenvalue weighted by Crippen LogP contribution is -2.41. The first-order valence-electron chi connectivity index (χ1n) is 9.40. The zero-order valence-corrected chi connectivity index (χ0v) is 17.5. The van der Waals surface area contributed by atoms with Crippen LogP contribution >= 0.6 is 0 Å². The monoisotopic (exact) mass is 479 g/mol. The summed E-state index contributed by atoms with van der Waals surface area (Å²) >= 11 is 0. The lowest BCUT2D eigenvalue weighted by molar-refractivity contribution is -0.168. The summed E-state index contributed by atoms with van der Waals surface area (Å²) in [4.78, 5) is 41.6. The number of esters is 3. The number of fused-ring (bicyclic) bond motifs is 1. The van der Waals surface area contributed by atoms with Crippen molar-refractivity contribution < 1.29 is 51.6 Å². The summed E-state index contributed by atoms with van der Waals surface area (Å²) in [7, 11) is 0. The number of nitrogens with zero attached hydrogens (tertiary/aromatic N) is 3. The van der Waals surface area contributed by atoms with E-state index in [1.165, 1.54) is 0 Å². The second-order valence-electron chi connectivity index (χ2n) is 7.07. The fraction of sp³-hybridized carbons (Fsp3) is 0.588. The first-order valence-corrected chi connectivity index (χ1v) is 9.40. The number of imidazole rings is 1. The molecule has 2 aliphatic heterocycles. The Morgan fingerprint density at radius 3 is 2.30 bits per heavy atom. The molecule has 1 unspecified atom stereocenters. The molecule has 3 heterocycles. The average Bonchev–Trinajstić information content (AvgIpc) is 3.18. The molecule has 1 aromatic rings. The van der Waals surface area contributed by atoms with E-state index >= 15 is 0 Å². The molecular formula is C17H20F3N5O8. The predicted octanol–water partition coefficient (Wildman–Crippen LogP) is -0.0431. The van der Waals surface area contributed by atoms with Gasteiger partial charge < -0.3 is 35.1 Å². The molecule has 1 aromatic heterocycles. The van der Waals surface area contributed by atoms with Crippen LogP contribution in [0.2, 0.25) is 0 Å². The number of aliphatic hydroxyl groups excluding tert-OH is 1. The Hall–Kier alpha value is -3.40. The molecule has 0 spiro atoms. The van der Waals surface area contributed by atoms with Crippen molar-refractivity contribution in [2.75, 3.05) is 11.9 Å². The Labute approximate surface area is 183 Å². The number of carbonyl (C=O) groups is 3. The second-order valence-corrected chi connectivity index (χ2v) is 7.07. The number of aliphatic hydroxyl groups is 1. The molecule has 1 saturated heterocycles. The van der Waals surface area contributed by atoms with Crippen molar-refractivity contribution in [1.82, 2.24) is 9.55 Å². The zero-order valence-electron chi connectivity index (χ0n) is 17.5. The van der Waals surface area contributed by atoms with E-state index in [9.17, 15) is 32.7 Å². The Kier molecular flexibility index (Phi) is 6.51. The van der Waals surface area contributed by atoms with Crippen LogP contribution in [0.25, 0.3) is 0 Å². The van der Waals surface area contributed by atoms with Crippen molar-refractivity contribution in [3.05, 3.63) is 11.5 Å². The summed E-state index contributed by atoms with van der Waals surface area (Å²) in [5.41, 5.74) is 5.03. The number of guanidine groups is 1. The number of ether oxygens (including phenoxy) is 4. The van der Waals surface area contributed by atoms with Gasteiger partial charge in [-0.25, -0.2) is 9.98 Å². The summed E-state index contributed by atoms with van der Waals surface area (Å²) in [6, 6.07) is 0. The average molecular weight is 479 g/mol. The van der Waals surface area contributed by atoms with Gasteiger partial charge in [-0.3, -0.25) is 19.0 Å². The molecule has 0 radical (unpaired) electrons. The van der Waals surface area contributed by atoms with E-state index in [0.717, 1.165) is 20.8 Å². The number of nitrogens with two attached hydrogens (primary N) is 1. The van der Waals surface area contributed by atoms with Gasteiger partial charge in [0.2, 0.25) is 5.82 Å². The van der Waals surface area contributed by atoms with Crippen LogP contribution in [0.5, 0.6) is 0 Å². The highest BCUT2D eigenvalue weighted by molar-refractivity contribution is 5.93. The van der Waals surface area contributed by atoms with Gasteiger partial charge in [0, 0.05) is 20.8 Å². The number of anilines is 1. The van der Waals surface area contributed by atoms with Crippen molar-refractivity contribution in [2.45, 2.75) is 57.7 Å². The topological polar surface area (TPSA) is 177 Å². The van der Waals surface area contributed by atoms with Crippen LogP contribution in [0, 0.1) is 0 Å². The number of aromatic nitrogens is 2. The lowest BCUT2D eigenvalue weighted by atomic mass is 10.1. The van der Waals surface area contributed by atoms with Crippen molar-refractivity contribution in [2.24, 2.45) is 10.7 Å². The van der Waals surface area contributed by atoms with Crippen LogP contribution in [0.3, 0.4) is 0 Å². The maximum absolute atomic E-state index is 13.9. The van der Waals surface area contributed by atoms with Crippen molar-refractivity contribution in [3.8, 4) is 0 Å². The van der Waals surface area contributed by atoms with Gasteiger partial charge in [-0.05, 0) is 0 Å². The molecule has 0 aromatic carbocycles. The Balaban J connectivity index is 2.15. The molecular weight excluding hydrogens is 459 g/mol. The summed E-state index contributed by atoms with van der Waals surface area (Å²) in [5, 5.41) is 12.4. The van der Waals surface area contributed by atoms with Gasteiger partial charge in [-0.15, -0.1) is 0 Å². The van der Waals surface area contributed by atoms with Crippen molar-refractivity contribution in [1.29, 1.82) is 0 Å². The molecule has 13 nitrogen and oxygen atoms in total. The molecule has 33 heavy (non-hydrogen) atoms. The first kappa shape index (κ1) is 24.2. The maximum Gasteiger partial charge on any atom is 0.449 e. The van der Waals surface area contributed by atoms with E-state index in [2.05, 4.69) is 15.3 Å². The van der Waals surface area contributed by atoms with Crippen molar-refractivity contribution in [3.63, 3.8) is 0 Å². The minimum absolute atomic E-state index is 0.417. The number of alkyl halides is 3. The van der Waals surface area contributed by atoms with E-state index < -0.39 is 84.8 Å². The van der Waals surface area contributed by atoms with E-state index in [4.69, 9.17) is 24.7 Å². The quantitative estimate of drug-likeness (QED) is 0.381. The minimum Gasteiger partial charge on any atom is -0.463 e. The SMILES string of the molecule is CC(=O)OC[C@H]1O[C@@H](n2c(C(F)(F)F)nc3c2NC(N)=NC3O)[C@H](OC(C)=O)[C@@H]1OC(C)=O. The largest absolute Gasteiger partial charge is 0.463 e. The van der Waals surface area contributed by atoms with Gasteiger partial charge in [0.15, 0.2) is 30.6 Å². The molecule has 5 atom stereocenters. The number of halogens is 3. The second kappa shape index (κ2) is 8.86. The van der Waals surface area contributed by atoms with Crippen LogP contribution in [-0.2, 0) is 39.5 Å². The number of rotatable bonds is 5. The van der Waals surface area contributed by atoms with Crippen molar-refractivity contribution >= 4 is 29.7 Å². The van der Waals surface area contributed by atoms with Gasteiger partial charge in [0.1, 0.15) is 24.2 Å². The molecule has 0 amide bonds. The molecule has 0 aliphatic carbocycles. The third-order valence-electron chi connectivity index (χ3n) is 4.54. The predicted molar refractivity (Wildman–Crippen MR) is 99.1 cm³/mol. The number of nitrogens with one attached hydrogen (secondary N) is 1. The van der Waals surface area contributed by atoms with E-state index in [-0.39, 0.29) is 0 Å². The number of hydrogen-bond donors (Lipinski definition) is 3. The zero-order chi connectivity index (χ0) is 24.7. The maximum atomic E-state index is 13.9. The highest BCUT2D eigenvalue weighted by Crippen LogP contribution is 2.43. The molecule has 3 rings (SSSR count). The third-order valence-corrected chi connectivity index (χ3v) is 4.54. The first-order chi connectivity index (χ1) is 15.3. The van der Waals surface area contributed by atoms with Gasteiger partial charge in [0.25, 0.3) is 0 Å². The van der Waals surface area contributed by atoms with Gasteiger partial charge in [-0.1, -0.05) is 0 Å². The number of carbonyl (C=O) groups excluding carboxylic acids is 3. The van der Waals surface area contributed by atoms with Crippen LogP contribution in [0.15, 0.2) is 4.99 Å². The molecule has 0 saturated carbocycles. The summed E-state index contributed by atoms with van der Waals surface area (Å²) in [6.45, 7) is 2.57. The van der Waals surface area contributed by atoms with Gasteiger partial charge in [-0.2, -0.15) is 13.2 Å². The van der Waals surface area contributed by atoms with Crippen LogP contribution in [-0.4, -0.2) is 63.4 Å². The Morgan fingerprint density at radius 1 is 1.15 bits per heavy atom. The Morgan fingerprint density at radius 2 is 1.76 bits per heavy atom. The van der Waals surface area contributed by atoms with Gasteiger partial charge >= 0.3 is 24.1 Å². The van der Waals surface area contributed by atoms with Gasteiger partial charge in [0.05, 0.1) is 0 Å². The fourth-order valence-corrected chi connectivity index (χ4v) is 3.45. The number of hydrogen-bond acceptors (Lipinski definition) is 12. The normalized spacial score (nSPS) is 26.6. The Bertz CT molecular complexity index is 994. The summed E-state index contributed by atoms with van der Waals surface area (Å²) in [5.74, 6) is -4.91. The van der Waals surface area contributed by atoms with E-state index in [1.807, 2.05) is 0 Å². The highest BCUT2D eigenvalue weighted by Gasteiger charge is 2.54. The standard InChI is InChI=1S/C17H20F3N5O8/c1-5(26)30-4-8-10(31-6(2)27)11(32-7(3)28)14(33-8)25-12-9(13(29)24-16(21)23-12)22-15(25)17(18,19)20/h8,10-11,13-14,29H,4H2,1-3H3,(H3,21,23,24)/t8-,10-,11-,13?,14-/m1/s1. The van der Waals surface area contributed by atoms with Crippen LogP contribution < -0.4 is 11.1 Å². The lowest BCUT2D eigenvalue weighted by Gasteiger charge is -2.27. The molecule has 1 fully saturated rings. The molecule has 4 N–H and O–H groups in total. The highest BCUT2D eigenvalue weighted by atomic mass is 19.4.